The van der Waals surface area contributed by atoms with Gasteiger partial charge in [-0.1, -0.05) is 31.2 Å². The molecule has 1 heterocycles. The van der Waals surface area contributed by atoms with Gasteiger partial charge in [-0.05, 0) is 24.5 Å². The molecule has 2 rings (SSSR count). The minimum absolute atomic E-state index is 0.635. The molecule has 0 saturated carbocycles. The van der Waals surface area contributed by atoms with E-state index in [-0.39, 0.29) is 0 Å². The van der Waals surface area contributed by atoms with E-state index in [1.54, 1.807) is 0 Å². The molecule has 2 unspecified atom stereocenters. The fourth-order valence-corrected chi connectivity index (χ4v) is 1.77. The Kier molecular flexibility index (Phi) is 1.89. The van der Waals surface area contributed by atoms with Gasteiger partial charge in [0.2, 0.25) is 0 Å². The topological polar surface area (TPSA) is 21.9 Å². The summed E-state index contributed by atoms with van der Waals surface area (Å²) < 4.78 is 0. The van der Waals surface area contributed by atoms with Gasteiger partial charge in [0.1, 0.15) is 0 Å². The van der Waals surface area contributed by atoms with Gasteiger partial charge in [0, 0.05) is 12.1 Å². The average Bonchev–Trinajstić information content (AvgIpc) is 2.84. The monoisotopic (exact) mass is 161 g/mol. The Bertz CT molecular complexity index is 280. The molecule has 1 N–H and O–H groups in total. The summed E-state index contributed by atoms with van der Waals surface area (Å²) in [6.07, 6.45) is 1.24. The van der Waals surface area contributed by atoms with Crippen molar-refractivity contribution in [1.29, 1.82) is 0 Å². The van der Waals surface area contributed by atoms with Gasteiger partial charge in [0.05, 0.1) is 0 Å². The number of aryl methyl sites for hydroxylation is 1. The molecule has 12 heavy (non-hydrogen) atoms. The lowest BCUT2D eigenvalue weighted by Crippen LogP contribution is -1.89. The first kappa shape index (κ1) is 7.81. The van der Waals surface area contributed by atoms with Crippen molar-refractivity contribution in [2.24, 2.45) is 0 Å². The fraction of sp³-hybridized carbons (Fsp3) is 0.455. The number of nitrogens with one attached hydrogen (secondary N) is 1. The highest BCUT2D eigenvalue weighted by Crippen LogP contribution is 2.33. The maximum atomic E-state index is 3.48. The van der Waals surface area contributed by atoms with Crippen LogP contribution in [-0.4, -0.2) is 6.04 Å². The molecule has 0 amide bonds. The minimum atomic E-state index is 0.635. The van der Waals surface area contributed by atoms with E-state index in [0.29, 0.717) is 6.04 Å². The highest BCUT2D eigenvalue weighted by Gasteiger charge is 2.35. The maximum Gasteiger partial charge on any atom is 0.0481 e. The Hall–Kier alpha value is -0.820. The Balaban J connectivity index is 2.19. The first-order valence-electron chi connectivity index (χ1n) is 4.64. The molecule has 1 aliphatic heterocycles. The Labute approximate surface area is 73.8 Å². The molecule has 0 radical (unpaired) electrons. The van der Waals surface area contributed by atoms with Gasteiger partial charge < -0.3 is 5.32 Å². The van der Waals surface area contributed by atoms with Gasteiger partial charge in [-0.25, -0.2) is 0 Å². The molecule has 0 aliphatic carbocycles. The SMILES string of the molecule is CCC1NC1c1ccccc1C. The van der Waals surface area contributed by atoms with Crippen LogP contribution < -0.4 is 5.32 Å². The Morgan fingerprint density at radius 3 is 2.67 bits per heavy atom. The predicted molar refractivity (Wildman–Crippen MR) is 51.1 cm³/mol. The van der Waals surface area contributed by atoms with Gasteiger partial charge in [0.15, 0.2) is 0 Å². The van der Waals surface area contributed by atoms with E-state index < -0.39 is 0 Å². The van der Waals surface area contributed by atoms with Crippen molar-refractivity contribution in [3.05, 3.63) is 35.4 Å². The third-order valence-corrected chi connectivity index (χ3v) is 2.65. The molecule has 1 aromatic rings. The fourth-order valence-electron chi connectivity index (χ4n) is 1.77. The maximum absolute atomic E-state index is 3.48. The lowest BCUT2D eigenvalue weighted by Gasteiger charge is -2.01. The summed E-state index contributed by atoms with van der Waals surface area (Å²) in [5.41, 5.74) is 2.88. The summed E-state index contributed by atoms with van der Waals surface area (Å²) >= 11 is 0. The van der Waals surface area contributed by atoms with Crippen molar-refractivity contribution in [1.82, 2.24) is 5.32 Å². The van der Waals surface area contributed by atoms with Crippen LogP contribution in [0.4, 0.5) is 0 Å². The molecule has 1 aromatic carbocycles. The van der Waals surface area contributed by atoms with Crippen molar-refractivity contribution in [2.75, 3.05) is 0 Å². The van der Waals surface area contributed by atoms with Crippen molar-refractivity contribution in [3.8, 4) is 0 Å². The highest BCUT2D eigenvalue weighted by molar-refractivity contribution is 5.33. The standard InChI is InChI=1S/C11H15N/c1-3-10-11(12-10)9-7-5-4-6-8(9)2/h4-7,10-12H,3H2,1-2H3. The molecule has 64 valence electrons. The van der Waals surface area contributed by atoms with Crippen molar-refractivity contribution >= 4 is 0 Å². The zero-order chi connectivity index (χ0) is 8.55. The van der Waals surface area contributed by atoms with E-state index in [2.05, 4.69) is 43.4 Å². The van der Waals surface area contributed by atoms with Crippen molar-refractivity contribution in [3.63, 3.8) is 0 Å². The third-order valence-electron chi connectivity index (χ3n) is 2.65. The first-order chi connectivity index (χ1) is 5.83. The van der Waals surface area contributed by atoms with E-state index in [4.69, 9.17) is 0 Å². The lowest BCUT2D eigenvalue weighted by molar-refractivity contribution is 0.866. The summed E-state index contributed by atoms with van der Waals surface area (Å²) in [5.74, 6) is 0. The number of benzene rings is 1. The van der Waals surface area contributed by atoms with E-state index in [0.717, 1.165) is 6.04 Å². The number of hydrogen-bond acceptors (Lipinski definition) is 1. The first-order valence-corrected chi connectivity index (χ1v) is 4.64. The lowest BCUT2D eigenvalue weighted by atomic mass is 10.0. The summed E-state index contributed by atoms with van der Waals surface area (Å²) in [7, 11) is 0. The van der Waals surface area contributed by atoms with E-state index in [9.17, 15) is 0 Å². The molecule has 2 atom stereocenters. The predicted octanol–water partition coefficient (Wildman–Crippen LogP) is 2.42. The number of rotatable bonds is 2. The van der Waals surface area contributed by atoms with Crippen LogP contribution >= 0.6 is 0 Å². The van der Waals surface area contributed by atoms with Crippen molar-refractivity contribution < 1.29 is 0 Å². The van der Waals surface area contributed by atoms with Crippen molar-refractivity contribution in [2.45, 2.75) is 32.4 Å². The van der Waals surface area contributed by atoms with Crippen LogP contribution in [0.2, 0.25) is 0 Å². The van der Waals surface area contributed by atoms with Gasteiger partial charge in [-0.15, -0.1) is 0 Å². The molecule has 1 saturated heterocycles. The second kappa shape index (κ2) is 2.91. The third kappa shape index (κ3) is 1.25. The molecule has 1 heteroatoms. The van der Waals surface area contributed by atoms with Crippen LogP contribution in [0.15, 0.2) is 24.3 Å². The van der Waals surface area contributed by atoms with Crippen LogP contribution in [0.3, 0.4) is 0 Å². The molecular weight excluding hydrogens is 146 g/mol. The smallest absolute Gasteiger partial charge is 0.0481 e. The number of hydrogen-bond donors (Lipinski definition) is 1. The normalized spacial score (nSPS) is 27.2. The second-order valence-corrected chi connectivity index (χ2v) is 3.52. The van der Waals surface area contributed by atoms with Crippen LogP contribution in [0.1, 0.15) is 30.5 Å². The Morgan fingerprint density at radius 1 is 1.33 bits per heavy atom. The molecule has 0 spiro atoms. The van der Waals surface area contributed by atoms with Crippen LogP contribution in [0.5, 0.6) is 0 Å². The zero-order valence-corrected chi connectivity index (χ0v) is 7.67. The summed E-state index contributed by atoms with van der Waals surface area (Å²) in [4.78, 5) is 0. The van der Waals surface area contributed by atoms with Gasteiger partial charge in [-0.3, -0.25) is 0 Å². The largest absolute Gasteiger partial charge is 0.304 e. The van der Waals surface area contributed by atoms with Crippen LogP contribution in [-0.2, 0) is 0 Å². The molecule has 1 nitrogen and oxygen atoms in total. The van der Waals surface area contributed by atoms with Gasteiger partial charge in [-0.2, -0.15) is 0 Å². The molecule has 0 aromatic heterocycles. The van der Waals surface area contributed by atoms with Crippen LogP contribution in [0, 0.1) is 6.92 Å². The second-order valence-electron chi connectivity index (χ2n) is 3.52. The Morgan fingerprint density at radius 2 is 2.08 bits per heavy atom. The summed E-state index contributed by atoms with van der Waals surface area (Å²) in [5, 5.41) is 3.48. The quantitative estimate of drug-likeness (QED) is 0.661. The molecular formula is C11H15N. The van der Waals surface area contributed by atoms with E-state index >= 15 is 0 Å². The van der Waals surface area contributed by atoms with Gasteiger partial charge in [0.25, 0.3) is 0 Å². The summed E-state index contributed by atoms with van der Waals surface area (Å²) in [6, 6.07) is 9.99. The molecule has 0 bridgehead atoms. The molecule has 1 aliphatic rings. The molecule has 1 fully saturated rings. The zero-order valence-electron chi connectivity index (χ0n) is 7.67. The summed E-state index contributed by atoms with van der Waals surface area (Å²) in [6.45, 7) is 4.41. The van der Waals surface area contributed by atoms with E-state index in [1.807, 2.05) is 0 Å². The van der Waals surface area contributed by atoms with Crippen LogP contribution in [0.25, 0.3) is 0 Å². The average molecular weight is 161 g/mol. The van der Waals surface area contributed by atoms with Gasteiger partial charge >= 0.3 is 0 Å². The minimum Gasteiger partial charge on any atom is -0.304 e. The highest BCUT2D eigenvalue weighted by atomic mass is 15.1. The van der Waals surface area contributed by atoms with E-state index in [1.165, 1.54) is 17.5 Å².